The molecule has 0 bridgehead atoms. The van der Waals surface area contributed by atoms with Gasteiger partial charge in [-0.1, -0.05) is 77.6 Å². The summed E-state index contributed by atoms with van der Waals surface area (Å²) in [5.74, 6) is -11.8. The first-order chi connectivity index (χ1) is 30.7. The second-order valence-electron chi connectivity index (χ2n) is 17.1. The summed E-state index contributed by atoms with van der Waals surface area (Å²) in [6.07, 6.45) is 10.6. The normalized spacial score (nSPS) is 13.3. The summed E-state index contributed by atoms with van der Waals surface area (Å²) in [6.45, 7) is 3.67. The van der Waals surface area contributed by atoms with Gasteiger partial charge in [0.2, 0.25) is 17.7 Å². The van der Waals surface area contributed by atoms with E-state index in [0.29, 0.717) is 25.8 Å². The maximum Gasteiger partial charge on any atom is 0.326 e. The Labute approximate surface area is 383 Å². The van der Waals surface area contributed by atoms with E-state index in [1.807, 2.05) is 6.92 Å². The van der Waals surface area contributed by atoms with Gasteiger partial charge in [0.25, 0.3) is 0 Å². The monoisotopic (exact) mass is 928 g/mol. The van der Waals surface area contributed by atoms with E-state index in [1.165, 1.54) is 6.92 Å². The third kappa shape index (κ3) is 33.0. The Kier molecular flexibility index (Phi) is 33.1. The average Bonchev–Trinajstić information content (AvgIpc) is 3.23. The van der Waals surface area contributed by atoms with Gasteiger partial charge in [-0.3, -0.25) is 43.2 Å². The molecule has 0 rings (SSSR count). The Morgan fingerprint density at radius 2 is 0.800 bits per heavy atom. The van der Waals surface area contributed by atoms with Gasteiger partial charge in [0.1, 0.15) is 29.4 Å². The highest BCUT2D eigenvalue weighted by atomic mass is 16.4. The van der Waals surface area contributed by atoms with Gasteiger partial charge in [-0.2, -0.15) is 0 Å². The number of carbonyl (C=O) groups excluding carboxylic acids is 6. The lowest BCUT2D eigenvalue weighted by molar-refractivity contribution is -0.145. The van der Waals surface area contributed by atoms with Crippen LogP contribution in [0.1, 0.15) is 189 Å². The largest absolute Gasteiger partial charge is 0.481 e. The maximum atomic E-state index is 12.7. The molecule has 8 N–H and O–H groups in total. The number of hydrogen-bond acceptors (Lipinski definition) is 11. The fourth-order valence-corrected chi connectivity index (χ4v) is 7.08. The molecule has 0 aromatic carbocycles. The fraction of sp³-hybridized carbons (Fsp3) is 0.761. The van der Waals surface area contributed by atoms with Crippen LogP contribution in [0.25, 0.3) is 0 Å². The summed E-state index contributed by atoms with van der Waals surface area (Å²) in [6, 6.07) is -2.99. The van der Waals surface area contributed by atoms with Crippen molar-refractivity contribution in [3.8, 4) is 0 Å². The van der Waals surface area contributed by atoms with Gasteiger partial charge < -0.3 is 41.5 Å². The first kappa shape index (κ1) is 59.8. The molecule has 0 aliphatic rings. The number of carboxylic acids is 5. The maximum absolute atomic E-state index is 12.7. The molecule has 372 valence electrons. The fourth-order valence-electron chi connectivity index (χ4n) is 7.08. The van der Waals surface area contributed by atoms with E-state index in [4.69, 9.17) is 5.11 Å². The van der Waals surface area contributed by atoms with Crippen LogP contribution in [-0.2, 0) is 52.7 Å². The summed E-state index contributed by atoms with van der Waals surface area (Å²) in [5, 5.41) is 54.3. The van der Waals surface area contributed by atoms with Crippen molar-refractivity contribution in [1.29, 1.82) is 0 Å². The minimum atomic E-state index is -1.55. The molecule has 0 spiro atoms. The van der Waals surface area contributed by atoms with Crippen LogP contribution in [0, 0.1) is 17.8 Å². The lowest BCUT2D eigenvalue weighted by Crippen LogP contribution is -2.42. The summed E-state index contributed by atoms with van der Waals surface area (Å²) in [4.78, 5) is 132. The van der Waals surface area contributed by atoms with Crippen LogP contribution in [0.4, 0.5) is 0 Å². The Bertz CT molecular complexity index is 1560. The van der Waals surface area contributed by atoms with Crippen LogP contribution in [0.5, 0.6) is 0 Å². The van der Waals surface area contributed by atoms with Crippen molar-refractivity contribution in [1.82, 2.24) is 16.0 Å². The van der Waals surface area contributed by atoms with E-state index in [2.05, 4.69) is 16.0 Å². The quantitative estimate of drug-likeness (QED) is 0.0332. The number of unbranched alkanes of at least 4 members (excludes halogenated alkanes) is 12. The molecule has 3 amide bonds. The highest BCUT2D eigenvalue weighted by Gasteiger charge is 2.28. The van der Waals surface area contributed by atoms with Crippen LogP contribution in [0.3, 0.4) is 0 Å². The number of Topliss-reactive ketones (excluding diaryl/α,β-unsaturated/α-hetero) is 3. The van der Waals surface area contributed by atoms with E-state index in [0.717, 1.165) is 77.0 Å². The molecule has 0 saturated heterocycles. The Hall–Kier alpha value is -5.23. The number of hydrogen-bond donors (Lipinski definition) is 8. The molecule has 0 saturated carbocycles. The molecule has 0 radical (unpaired) electrons. The molecule has 0 unspecified atom stereocenters. The third-order valence-corrected chi connectivity index (χ3v) is 11.4. The van der Waals surface area contributed by atoms with Crippen LogP contribution in [0.2, 0.25) is 0 Å². The van der Waals surface area contributed by atoms with Crippen molar-refractivity contribution in [2.45, 2.75) is 199 Å². The van der Waals surface area contributed by atoms with Gasteiger partial charge in [-0.15, -0.1) is 0 Å². The van der Waals surface area contributed by atoms with Crippen molar-refractivity contribution in [2.75, 3.05) is 6.54 Å². The summed E-state index contributed by atoms with van der Waals surface area (Å²) in [5.41, 5.74) is 0. The minimum Gasteiger partial charge on any atom is -0.481 e. The molecule has 0 heterocycles. The Morgan fingerprint density at radius 3 is 1.20 bits per heavy atom. The van der Waals surface area contributed by atoms with Gasteiger partial charge >= 0.3 is 29.8 Å². The molecule has 0 aliphatic heterocycles. The molecule has 0 aromatic rings. The highest BCUT2D eigenvalue weighted by Crippen LogP contribution is 2.19. The van der Waals surface area contributed by atoms with Crippen molar-refractivity contribution in [3.63, 3.8) is 0 Å². The number of rotatable bonds is 43. The van der Waals surface area contributed by atoms with Gasteiger partial charge in [-0.05, 0) is 58.3 Å². The van der Waals surface area contributed by atoms with Gasteiger partial charge in [0, 0.05) is 65.3 Å². The van der Waals surface area contributed by atoms with Gasteiger partial charge in [0.05, 0.1) is 11.8 Å². The zero-order chi connectivity index (χ0) is 49.2. The molecule has 65 heavy (non-hydrogen) atoms. The van der Waals surface area contributed by atoms with Crippen LogP contribution in [-0.4, -0.2) is 109 Å². The molecule has 0 aromatic heterocycles. The van der Waals surface area contributed by atoms with Crippen LogP contribution < -0.4 is 16.0 Å². The van der Waals surface area contributed by atoms with Crippen molar-refractivity contribution >= 4 is 64.9 Å². The molecule has 19 heteroatoms. The summed E-state index contributed by atoms with van der Waals surface area (Å²) < 4.78 is 0. The lowest BCUT2D eigenvalue weighted by atomic mass is 9.94. The molecule has 19 nitrogen and oxygen atoms in total. The SMILES string of the molecule is CC(=O)[C@@H](C)CCCCNC(=O)CC[C@H](NC(=O)CC[C@H](CC(=O)CC[C@H](NC(=O)CC[C@H](CC(=O)CCCCCCCCCCCCCCC(=O)O)C(=O)O)C(=O)O)C(=O)O)C(=O)O.[HH]. The average molecular weight is 928 g/mol. The third-order valence-electron chi connectivity index (χ3n) is 11.4. The summed E-state index contributed by atoms with van der Waals surface area (Å²) >= 11 is 0. The Morgan fingerprint density at radius 1 is 0.415 bits per heavy atom. The molecule has 0 aliphatic carbocycles. The number of aliphatic carboxylic acids is 5. The first-order valence-electron chi connectivity index (χ1n) is 23.3. The van der Waals surface area contributed by atoms with Crippen LogP contribution in [0.15, 0.2) is 0 Å². The minimum absolute atomic E-state index is 0. The highest BCUT2D eigenvalue weighted by molar-refractivity contribution is 5.88. The zero-order valence-electron chi connectivity index (χ0n) is 38.4. The standard InChI is InChI=1S/C46H75N3O16.H2/c1-31(32(2)50)17-15-16-28-47-39(53)27-24-38(46(64)65)49-41(55)26-21-34(44(60)61)30-36(52)22-23-37(45(62)63)48-40(54)25-20-33(43(58)59)29-35(51)18-13-11-9-7-5-3-4-6-8-10-12-14-19-42(56)57;/h31,33-34,37-38H,3-30H2,1-2H3,(H,47,53)(H,48,54)(H,49,55)(H,56,57)(H,58,59)(H,60,61)(H,62,63)(H,64,65);1H/t31-,33+,34+,37-,38-;/m0./s1. The van der Waals surface area contributed by atoms with Gasteiger partial charge in [-0.25, -0.2) is 9.59 Å². The lowest BCUT2D eigenvalue weighted by Gasteiger charge is -2.17. The molecular weight excluding hydrogens is 851 g/mol. The van der Waals surface area contributed by atoms with E-state index in [-0.39, 0.29) is 63.9 Å². The van der Waals surface area contributed by atoms with E-state index < -0.39 is 109 Å². The molecular formula is C46H77N3O16. The predicted octanol–water partition coefficient (Wildman–Crippen LogP) is 5.87. The summed E-state index contributed by atoms with van der Waals surface area (Å²) in [7, 11) is 0. The van der Waals surface area contributed by atoms with Crippen molar-refractivity contribution in [2.24, 2.45) is 17.8 Å². The Balaban J connectivity index is 0. The van der Waals surface area contributed by atoms with E-state index >= 15 is 0 Å². The first-order valence-corrected chi connectivity index (χ1v) is 23.3. The molecule has 0 fully saturated rings. The van der Waals surface area contributed by atoms with E-state index in [9.17, 15) is 73.2 Å². The molecule has 5 atom stereocenters. The van der Waals surface area contributed by atoms with Crippen molar-refractivity contribution < 1.29 is 79.7 Å². The predicted molar refractivity (Wildman–Crippen MR) is 239 cm³/mol. The van der Waals surface area contributed by atoms with E-state index in [1.54, 1.807) is 0 Å². The smallest absolute Gasteiger partial charge is 0.326 e. The number of amides is 3. The van der Waals surface area contributed by atoms with Crippen molar-refractivity contribution in [3.05, 3.63) is 0 Å². The zero-order valence-corrected chi connectivity index (χ0v) is 38.4. The number of ketones is 3. The van der Waals surface area contributed by atoms with Gasteiger partial charge in [0.15, 0.2) is 0 Å². The van der Waals surface area contributed by atoms with Crippen LogP contribution >= 0.6 is 0 Å². The second kappa shape index (κ2) is 36.0. The number of nitrogens with one attached hydrogen (secondary N) is 3. The number of carbonyl (C=O) groups is 11. The second-order valence-corrected chi connectivity index (χ2v) is 17.1. The number of carboxylic acid groups (broad SMARTS) is 5. The topological polar surface area (TPSA) is 325 Å².